The topological polar surface area (TPSA) is 62.5 Å². The highest BCUT2D eigenvalue weighted by Gasteiger charge is 2.35. The molecule has 0 aliphatic carbocycles. The van der Waals surface area contributed by atoms with Gasteiger partial charge in [-0.3, -0.25) is 4.79 Å². The van der Waals surface area contributed by atoms with Gasteiger partial charge in [0.2, 0.25) is 5.76 Å². The maximum absolute atomic E-state index is 14.2. The largest absolute Gasteiger partial charge is 0.456 e. The van der Waals surface area contributed by atoms with Crippen molar-refractivity contribution in [3.8, 4) is 0 Å². The Hall–Kier alpha value is -3.72. The molecular formula is C25H18F5NO3. The first kappa shape index (κ1) is 23.4. The molecule has 0 saturated heterocycles. The maximum atomic E-state index is 14.2. The number of furan rings is 1. The van der Waals surface area contributed by atoms with Gasteiger partial charge < -0.3 is 14.8 Å². The summed E-state index contributed by atoms with van der Waals surface area (Å²) in [6, 6.07) is 14.3. The third kappa shape index (κ3) is 4.94. The third-order valence-electron chi connectivity index (χ3n) is 5.39. The van der Waals surface area contributed by atoms with Crippen LogP contribution in [0.25, 0.3) is 10.8 Å². The Balaban J connectivity index is 1.66. The molecule has 1 heterocycles. The Labute approximate surface area is 190 Å². The number of hydrogen-bond donors (Lipinski definition) is 2. The van der Waals surface area contributed by atoms with Gasteiger partial charge in [0.15, 0.2) is 0 Å². The minimum absolute atomic E-state index is 0.115. The molecule has 4 nitrogen and oxygen atoms in total. The van der Waals surface area contributed by atoms with E-state index in [1.165, 1.54) is 24.3 Å². The lowest BCUT2D eigenvalue weighted by molar-refractivity contribution is -0.153. The number of rotatable bonds is 6. The maximum Gasteiger partial charge on any atom is 0.449 e. The molecule has 2 unspecified atom stereocenters. The van der Waals surface area contributed by atoms with E-state index in [1.807, 2.05) is 0 Å². The molecule has 3 aromatic carbocycles. The Bertz CT molecular complexity index is 1310. The quantitative estimate of drug-likeness (QED) is 0.346. The van der Waals surface area contributed by atoms with Crippen LogP contribution in [0.1, 0.15) is 33.5 Å². The molecule has 176 valence electrons. The zero-order valence-electron chi connectivity index (χ0n) is 17.4. The van der Waals surface area contributed by atoms with Gasteiger partial charge in [0.1, 0.15) is 17.4 Å². The zero-order valence-corrected chi connectivity index (χ0v) is 17.4. The van der Waals surface area contributed by atoms with Gasteiger partial charge in [-0.2, -0.15) is 13.2 Å². The average molecular weight is 475 g/mol. The highest BCUT2D eigenvalue weighted by atomic mass is 19.4. The molecule has 2 N–H and O–H groups in total. The molecular weight excluding hydrogens is 457 g/mol. The number of halogens is 5. The van der Waals surface area contributed by atoms with Gasteiger partial charge in [-0.05, 0) is 47.3 Å². The van der Waals surface area contributed by atoms with Crippen LogP contribution in [0.4, 0.5) is 22.0 Å². The lowest BCUT2D eigenvalue weighted by Gasteiger charge is -2.24. The molecule has 0 bridgehead atoms. The standard InChI is InChI=1S/C25H18F5NO3/c26-15-7-5-14(6-8-15)23(32)21(13-16-9-12-22(34-16)25(28,29)30)31-24(33)19-10-11-20(27)18-4-2-1-3-17(18)19/h1-12,21,23,32H,13H2,(H,31,33). The summed E-state index contributed by atoms with van der Waals surface area (Å²) in [6.45, 7) is 0. The molecule has 4 rings (SSSR count). The molecule has 1 aromatic heterocycles. The van der Waals surface area contributed by atoms with Crippen molar-refractivity contribution in [1.82, 2.24) is 5.32 Å². The van der Waals surface area contributed by atoms with Crippen LogP contribution < -0.4 is 5.32 Å². The van der Waals surface area contributed by atoms with Crippen molar-refractivity contribution >= 4 is 16.7 Å². The summed E-state index contributed by atoms with van der Waals surface area (Å²) in [7, 11) is 0. The Morgan fingerprint density at radius 1 is 0.912 bits per heavy atom. The van der Waals surface area contributed by atoms with E-state index in [0.717, 1.165) is 30.3 Å². The van der Waals surface area contributed by atoms with Crippen molar-refractivity contribution in [1.29, 1.82) is 0 Å². The monoisotopic (exact) mass is 475 g/mol. The number of amides is 1. The van der Waals surface area contributed by atoms with Crippen LogP contribution in [-0.4, -0.2) is 17.1 Å². The number of fused-ring (bicyclic) bond motifs is 1. The van der Waals surface area contributed by atoms with E-state index in [9.17, 15) is 31.9 Å². The molecule has 9 heteroatoms. The lowest BCUT2D eigenvalue weighted by atomic mass is 9.97. The fourth-order valence-electron chi connectivity index (χ4n) is 3.70. The number of aliphatic hydroxyl groups excluding tert-OH is 1. The fraction of sp³-hybridized carbons (Fsp3) is 0.160. The number of nitrogens with one attached hydrogen (secondary N) is 1. The van der Waals surface area contributed by atoms with Crippen LogP contribution in [0.2, 0.25) is 0 Å². The third-order valence-corrected chi connectivity index (χ3v) is 5.39. The molecule has 0 radical (unpaired) electrons. The number of carbonyl (C=O) groups excluding carboxylic acids is 1. The van der Waals surface area contributed by atoms with Crippen LogP contribution in [0.3, 0.4) is 0 Å². The molecule has 0 saturated carbocycles. The summed E-state index contributed by atoms with van der Waals surface area (Å²) in [6.07, 6.45) is -6.39. The number of benzene rings is 3. The van der Waals surface area contributed by atoms with Crippen LogP contribution in [-0.2, 0) is 12.6 Å². The number of alkyl halides is 3. The first-order valence-corrected chi connectivity index (χ1v) is 10.2. The minimum atomic E-state index is -4.69. The van der Waals surface area contributed by atoms with Gasteiger partial charge in [-0.15, -0.1) is 0 Å². The predicted octanol–water partition coefficient (Wildman–Crippen LogP) is 5.80. The van der Waals surface area contributed by atoms with Crippen LogP contribution in [0.15, 0.2) is 77.2 Å². The Morgan fingerprint density at radius 2 is 1.59 bits per heavy atom. The molecule has 4 aromatic rings. The van der Waals surface area contributed by atoms with Crippen molar-refractivity contribution in [3.63, 3.8) is 0 Å². The van der Waals surface area contributed by atoms with E-state index < -0.39 is 41.6 Å². The van der Waals surface area contributed by atoms with E-state index in [-0.39, 0.29) is 28.7 Å². The summed E-state index contributed by atoms with van der Waals surface area (Å²) in [5.41, 5.74) is 0.349. The lowest BCUT2D eigenvalue weighted by Crippen LogP contribution is -2.41. The Kier molecular flexibility index (Phi) is 6.39. The summed E-state index contributed by atoms with van der Waals surface area (Å²) in [5, 5.41) is 14.0. The van der Waals surface area contributed by atoms with E-state index in [1.54, 1.807) is 18.2 Å². The van der Waals surface area contributed by atoms with E-state index in [2.05, 4.69) is 5.32 Å². The Morgan fingerprint density at radius 3 is 2.24 bits per heavy atom. The normalized spacial score (nSPS) is 13.6. The first-order chi connectivity index (χ1) is 16.1. The summed E-state index contributed by atoms with van der Waals surface area (Å²) in [5.74, 6) is -3.08. The fourth-order valence-corrected chi connectivity index (χ4v) is 3.70. The second kappa shape index (κ2) is 9.26. The predicted molar refractivity (Wildman–Crippen MR) is 114 cm³/mol. The van der Waals surface area contributed by atoms with Gasteiger partial charge in [-0.25, -0.2) is 8.78 Å². The number of carbonyl (C=O) groups is 1. The van der Waals surface area contributed by atoms with Crippen LogP contribution >= 0.6 is 0 Å². The van der Waals surface area contributed by atoms with Crippen molar-refractivity contribution in [3.05, 3.63) is 107 Å². The number of aliphatic hydroxyl groups is 1. The SMILES string of the molecule is O=C(NC(Cc1ccc(C(F)(F)F)o1)C(O)c1ccc(F)cc1)c1ccc(F)c2ccccc12. The van der Waals surface area contributed by atoms with Crippen LogP contribution in [0.5, 0.6) is 0 Å². The second-order valence-corrected chi connectivity index (χ2v) is 7.68. The second-order valence-electron chi connectivity index (χ2n) is 7.68. The van der Waals surface area contributed by atoms with Gasteiger partial charge in [-0.1, -0.05) is 36.4 Å². The molecule has 2 atom stereocenters. The summed E-state index contributed by atoms with van der Waals surface area (Å²) < 4.78 is 71.1. The van der Waals surface area contributed by atoms with Gasteiger partial charge in [0.05, 0.1) is 12.1 Å². The summed E-state index contributed by atoms with van der Waals surface area (Å²) >= 11 is 0. The van der Waals surface area contributed by atoms with E-state index >= 15 is 0 Å². The summed E-state index contributed by atoms with van der Waals surface area (Å²) in [4.78, 5) is 13.1. The van der Waals surface area contributed by atoms with Gasteiger partial charge in [0.25, 0.3) is 5.91 Å². The van der Waals surface area contributed by atoms with Gasteiger partial charge >= 0.3 is 6.18 Å². The average Bonchev–Trinajstić information content (AvgIpc) is 3.28. The van der Waals surface area contributed by atoms with Crippen molar-refractivity contribution in [2.45, 2.75) is 24.7 Å². The van der Waals surface area contributed by atoms with Crippen molar-refractivity contribution < 1.29 is 36.3 Å². The van der Waals surface area contributed by atoms with Crippen molar-refractivity contribution in [2.75, 3.05) is 0 Å². The van der Waals surface area contributed by atoms with E-state index in [0.29, 0.717) is 5.39 Å². The molecule has 0 fully saturated rings. The highest BCUT2D eigenvalue weighted by molar-refractivity contribution is 6.07. The zero-order chi connectivity index (χ0) is 24.5. The highest BCUT2D eigenvalue weighted by Crippen LogP contribution is 2.32. The van der Waals surface area contributed by atoms with Crippen LogP contribution in [0, 0.1) is 11.6 Å². The van der Waals surface area contributed by atoms with E-state index in [4.69, 9.17) is 4.42 Å². The smallest absolute Gasteiger partial charge is 0.449 e. The molecule has 34 heavy (non-hydrogen) atoms. The molecule has 0 aliphatic rings. The first-order valence-electron chi connectivity index (χ1n) is 10.2. The van der Waals surface area contributed by atoms with Gasteiger partial charge in [0, 0.05) is 17.4 Å². The van der Waals surface area contributed by atoms with Crippen molar-refractivity contribution in [2.24, 2.45) is 0 Å². The minimum Gasteiger partial charge on any atom is -0.456 e. The molecule has 1 amide bonds. The molecule has 0 spiro atoms. The molecule has 0 aliphatic heterocycles. The number of hydrogen-bond acceptors (Lipinski definition) is 3.